The van der Waals surface area contributed by atoms with E-state index in [-0.39, 0.29) is 18.9 Å². The molecule has 3 aromatic carbocycles. The van der Waals surface area contributed by atoms with Crippen LogP contribution in [-0.4, -0.2) is 30.9 Å². The topological polar surface area (TPSA) is 84.9 Å². The molecule has 0 bridgehead atoms. The summed E-state index contributed by atoms with van der Waals surface area (Å²) in [5.74, 6) is -0.0179. The molecule has 4 rings (SSSR count). The minimum absolute atomic E-state index is 0.0334. The molecule has 1 aliphatic heterocycles. The van der Waals surface area contributed by atoms with Crippen LogP contribution in [0, 0.1) is 19.8 Å². The predicted molar refractivity (Wildman–Crippen MR) is 151 cm³/mol. The molecule has 1 fully saturated rings. The summed E-state index contributed by atoms with van der Waals surface area (Å²) in [5.41, 5.74) is 4.50. The first-order chi connectivity index (χ1) is 18.1. The average molecular weight is 579 g/mol. The van der Waals surface area contributed by atoms with Gasteiger partial charge in [0.25, 0.3) is 5.91 Å². The quantitative estimate of drug-likeness (QED) is 0.308. The number of carbonyl (C=O) groups excluding carboxylic acids is 3. The molecule has 0 spiro atoms. The van der Waals surface area contributed by atoms with Gasteiger partial charge in [-0.05, 0) is 85.0 Å². The Hall–Kier alpha value is -3.65. The molecular weight excluding hydrogens is 548 g/mol. The summed E-state index contributed by atoms with van der Waals surface area (Å²) in [7, 11) is 0. The van der Waals surface area contributed by atoms with E-state index in [0.29, 0.717) is 23.0 Å². The zero-order valence-electron chi connectivity index (χ0n) is 21.9. The Labute approximate surface area is 231 Å². The van der Waals surface area contributed by atoms with E-state index in [0.717, 1.165) is 26.9 Å². The number of hydrogen-bond donors (Lipinski definition) is 1. The molecule has 7 nitrogen and oxygen atoms in total. The van der Waals surface area contributed by atoms with Crippen molar-refractivity contribution in [1.29, 1.82) is 0 Å². The van der Waals surface area contributed by atoms with Gasteiger partial charge < -0.3 is 19.7 Å². The molecule has 8 heteroatoms. The number of ether oxygens (including phenoxy) is 2. The van der Waals surface area contributed by atoms with Crippen molar-refractivity contribution in [2.75, 3.05) is 23.4 Å². The second-order valence-electron chi connectivity index (χ2n) is 9.82. The van der Waals surface area contributed by atoms with Gasteiger partial charge in [-0.3, -0.25) is 14.4 Å². The zero-order chi connectivity index (χ0) is 27.4. The van der Waals surface area contributed by atoms with Crippen LogP contribution in [0.1, 0.15) is 42.9 Å². The number of benzene rings is 3. The van der Waals surface area contributed by atoms with Crippen LogP contribution in [-0.2, 0) is 19.1 Å². The number of rotatable bonds is 8. The van der Waals surface area contributed by atoms with Crippen molar-refractivity contribution in [1.82, 2.24) is 0 Å². The maximum absolute atomic E-state index is 12.7. The van der Waals surface area contributed by atoms with Crippen molar-refractivity contribution in [2.45, 2.75) is 40.0 Å². The van der Waals surface area contributed by atoms with E-state index < -0.39 is 24.4 Å². The molecular formula is C30H31BrN2O5. The van der Waals surface area contributed by atoms with Gasteiger partial charge in [-0.25, -0.2) is 0 Å². The SMILES string of the molecule is Cc1ccc(C(C)C)c(Oc2ccc(N3C[C@H](C(=O)OCC(=O)Nc4ccc(Br)c(C)c4)CC3=O)cc2)c1. The number of nitrogens with zero attached hydrogens (tertiary/aromatic N) is 1. The molecule has 0 aromatic heterocycles. The van der Waals surface area contributed by atoms with Crippen molar-refractivity contribution in [3.05, 3.63) is 81.8 Å². The van der Waals surface area contributed by atoms with Crippen LogP contribution in [0.2, 0.25) is 0 Å². The van der Waals surface area contributed by atoms with E-state index in [4.69, 9.17) is 9.47 Å². The Kier molecular flexibility index (Phi) is 8.52. The van der Waals surface area contributed by atoms with Gasteiger partial charge in [0.1, 0.15) is 11.5 Å². The Morgan fingerprint density at radius 1 is 1.05 bits per heavy atom. The van der Waals surface area contributed by atoms with E-state index in [1.165, 1.54) is 0 Å². The van der Waals surface area contributed by atoms with Crippen LogP contribution in [0.5, 0.6) is 11.5 Å². The Bertz CT molecular complexity index is 1350. The first-order valence-corrected chi connectivity index (χ1v) is 13.3. The van der Waals surface area contributed by atoms with Crippen LogP contribution >= 0.6 is 15.9 Å². The Morgan fingerprint density at radius 2 is 1.79 bits per heavy atom. The fraction of sp³-hybridized carbons (Fsp3) is 0.300. The lowest BCUT2D eigenvalue weighted by Crippen LogP contribution is -2.28. The number of esters is 1. The largest absolute Gasteiger partial charge is 0.457 e. The molecule has 0 saturated carbocycles. The Morgan fingerprint density at radius 3 is 2.47 bits per heavy atom. The van der Waals surface area contributed by atoms with Crippen LogP contribution < -0.4 is 15.0 Å². The molecule has 2 amide bonds. The predicted octanol–water partition coefficient (Wildman–Crippen LogP) is 6.52. The monoisotopic (exact) mass is 578 g/mol. The summed E-state index contributed by atoms with van der Waals surface area (Å²) >= 11 is 3.42. The van der Waals surface area contributed by atoms with E-state index in [9.17, 15) is 14.4 Å². The number of halogens is 1. The number of amides is 2. The zero-order valence-corrected chi connectivity index (χ0v) is 23.5. The van der Waals surface area contributed by atoms with Crippen molar-refractivity contribution >= 4 is 45.1 Å². The van der Waals surface area contributed by atoms with E-state index >= 15 is 0 Å². The molecule has 0 aliphatic carbocycles. The minimum atomic E-state index is -0.637. The highest BCUT2D eigenvalue weighted by atomic mass is 79.9. The van der Waals surface area contributed by atoms with Crippen molar-refractivity contribution in [3.63, 3.8) is 0 Å². The molecule has 1 saturated heterocycles. The standard InChI is InChI=1S/C30H31BrN2O5/c1-18(2)25-11-5-19(3)13-27(25)38-24-9-7-23(8-10-24)33-16-21(15-29(33)35)30(36)37-17-28(34)32-22-6-12-26(31)20(4)14-22/h5-14,18,21H,15-17H2,1-4H3,(H,32,34)/t21-/m1/s1. The summed E-state index contributed by atoms with van der Waals surface area (Å²) in [4.78, 5) is 39.0. The average Bonchev–Trinajstić information content (AvgIpc) is 3.27. The molecule has 1 N–H and O–H groups in total. The van der Waals surface area contributed by atoms with Crippen LogP contribution in [0.3, 0.4) is 0 Å². The third kappa shape index (κ3) is 6.61. The highest BCUT2D eigenvalue weighted by molar-refractivity contribution is 9.10. The summed E-state index contributed by atoms with van der Waals surface area (Å²) in [6.07, 6.45) is 0.0334. The van der Waals surface area contributed by atoms with Gasteiger partial charge in [0.05, 0.1) is 5.92 Å². The number of hydrogen-bond acceptors (Lipinski definition) is 5. The van der Waals surface area contributed by atoms with Gasteiger partial charge in [0.2, 0.25) is 5.91 Å². The number of anilines is 2. The molecule has 198 valence electrons. The number of aryl methyl sites for hydroxylation is 2. The summed E-state index contributed by atoms with van der Waals surface area (Å²) in [6.45, 7) is 7.96. The summed E-state index contributed by atoms with van der Waals surface area (Å²) < 4.78 is 12.3. The van der Waals surface area contributed by atoms with Gasteiger partial charge >= 0.3 is 5.97 Å². The highest BCUT2D eigenvalue weighted by Crippen LogP contribution is 2.33. The second-order valence-corrected chi connectivity index (χ2v) is 10.7. The van der Waals surface area contributed by atoms with E-state index in [1.54, 1.807) is 23.1 Å². The van der Waals surface area contributed by atoms with Gasteiger partial charge in [-0.15, -0.1) is 0 Å². The molecule has 3 aromatic rings. The third-order valence-electron chi connectivity index (χ3n) is 6.41. The highest BCUT2D eigenvalue weighted by Gasteiger charge is 2.36. The molecule has 0 radical (unpaired) electrons. The fourth-order valence-electron chi connectivity index (χ4n) is 4.32. The normalized spacial score (nSPS) is 15.1. The van der Waals surface area contributed by atoms with Gasteiger partial charge in [0.15, 0.2) is 6.61 Å². The minimum Gasteiger partial charge on any atom is -0.457 e. The molecule has 1 aliphatic rings. The number of carbonyl (C=O) groups is 3. The lowest BCUT2D eigenvalue weighted by Gasteiger charge is -2.18. The van der Waals surface area contributed by atoms with Crippen molar-refractivity contribution in [2.24, 2.45) is 5.92 Å². The molecule has 1 heterocycles. The van der Waals surface area contributed by atoms with Crippen molar-refractivity contribution < 1.29 is 23.9 Å². The lowest BCUT2D eigenvalue weighted by molar-refractivity contribution is -0.151. The first kappa shape index (κ1) is 27.4. The van der Waals surface area contributed by atoms with Gasteiger partial charge in [-0.1, -0.05) is 41.9 Å². The lowest BCUT2D eigenvalue weighted by atomic mass is 10.0. The van der Waals surface area contributed by atoms with Crippen LogP contribution in [0.25, 0.3) is 0 Å². The molecule has 0 unspecified atom stereocenters. The third-order valence-corrected chi connectivity index (χ3v) is 7.30. The second kappa shape index (κ2) is 11.8. The maximum atomic E-state index is 12.7. The molecule has 38 heavy (non-hydrogen) atoms. The fourth-order valence-corrected chi connectivity index (χ4v) is 4.56. The maximum Gasteiger partial charge on any atom is 0.311 e. The summed E-state index contributed by atoms with van der Waals surface area (Å²) in [6, 6.07) is 18.8. The van der Waals surface area contributed by atoms with Gasteiger partial charge in [0, 0.05) is 28.8 Å². The number of nitrogens with one attached hydrogen (secondary N) is 1. The smallest absolute Gasteiger partial charge is 0.311 e. The van der Waals surface area contributed by atoms with Crippen molar-refractivity contribution in [3.8, 4) is 11.5 Å². The first-order valence-electron chi connectivity index (χ1n) is 12.5. The van der Waals surface area contributed by atoms with Gasteiger partial charge in [-0.2, -0.15) is 0 Å². The van der Waals surface area contributed by atoms with Crippen LogP contribution in [0.4, 0.5) is 11.4 Å². The Balaban J connectivity index is 1.32. The summed E-state index contributed by atoms with van der Waals surface area (Å²) in [5, 5.41) is 2.71. The molecule has 1 atom stereocenters. The van der Waals surface area contributed by atoms with Crippen LogP contribution in [0.15, 0.2) is 65.1 Å². The van der Waals surface area contributed by atoms with E-state index in [2.05, 4.69) is 47.2 Å². The van der Waals surface area contributed by atoms with E-state index in [1.807, 2.05) is 44.2 Å².